The number of hydrogen-bond donors (Lipinski definition) is 0. The molecular weight excluding hydrogens is 232 g/mol. The molecule has 2 heteroatoms. The molecule has 2 rings (SSSR count). The molecule has 2 aromatic carbocycles. The summed E-state index contributed by atoms with van der Waals surface area (Å²) < 4.78 is 0. The maximum atomic E-state index is 9.36. The summed E-state index contributed by atoms with van der Waals surface area (Å²) in [5.74, 6) is -0.0846. The zero-order valence-electron chi connectivity index (χ0n) is 11.4. The Morgan fingerprint density at radius 2 is 1.63 bits per heavy atom. The lowest BCUT2D eigenvalue weighted by molar-refractivity contribution is 0.849. The summed E-state index contributed by atoms with van der Waals surface area (Å²) in [6.45, 7) is 0. The zero-order chi connectivity index (χ0) is 13.7. The number of nitriles is 1. The van der Waals surface area contributed by atoms with Crippen LogP contribution in [0.4, 0.5) is 5.69 Å². The fourth-order valence-corrected chi connectivity index (χ4v) is 2.09. The van der Waals surface area contributed by atoms with Gasteiger partial charge in [-0.2, -0.15) is 5.26 Å². The van der Waals surface area contributed by atoms with E-state index in [1.54, 1.807) is 0 Å². The quantitative estimate of drug-likeness (QED) is 0.829. The first kappa shape index (κ1) is 13.2. The minimum absolute atomic E-state index is 0.0846. The lowest BCUT2D eigenvalue weighted by Gasteiger charge is -2.14. The summed E-state index contributed by atoms with van der Waals surface area (Å²) in [4.78, 5) is 2.06. The molecule has 1 unspecified atom stereocenters. The standard InChI is InChI=1S/C17H18N2/c1-19(2)17-10-8-15(9-11-17)16(13-18)12-14-6-4-3-5-7-14/h3-11,16H,12H2,1-2H3. The third-order valence-corrected chi connectivity index (χ3v) is 3.25. The van der Waals surface area contributed by atoms with Crippen LogP contribution in [0.1, 0.15) is 17.0 Å². The highest BCUT2D eigenvalue weighted by Crippen LogP contribution is 2.22. The molecule has 0 heterocycles. The second kappa shape index (κ2) is 6.06. The number of rotatable bonds is 4. The van der Waals surface area contributed by atoms with Crippen molar-refractivity contribution in [2.24, 2.45) is 0 Å². The van der Waals surface area contributed by atoms with Gasteiger partial charge in [0.15, 0.2) is 0 Å². The molecule has 2 aromatic rings. The molecule has 19 heavy (non-hydrogen) atoms. The molecule has 0 aliphatic carbocycles. The fourth-order valence-electron chi connectivity index (χ4n) is 2.09. The Morgan fingerprint density at radius 3 is 2.16 bits per heavy atom. The number of anilines is 1. The first-order valence-electron chi connectivity index (χ1n) is 6.41. The molecule has 0 saturated carbocycles. The van der Waals surface area contributed by atoms with E-state index in [-0.39, 0.29) is 5.92 Å². The molecule has 2 nitrogen and oxygen atoms in total. The molecule has 0 amide bonds. The molecule has 0 aliphatic heterocycles. The topological polar surface area (TPSA) is 27.0 Å². The van der Waals surface area contributed by atoms with Crippen LogP contribution in [0, 0.1) is 11.3 Å². The minimum atomic E-state index is -0.0846. The zero-order valence-corrected chi connectivity index (χ0v) is 11.4. The summed E-state index contributed by atoms with van der Waals surface area (Å²) in [6, 6.07) is 20.8. The van der Waals surface area contributed by atoms with Gasteiger partial charge < -0.3 is 4.90 Å². The van der Waals surface area contributed by atoms with Crippen LogP contribution in [0.5, 0.6) is 0 Å². The van der Waals surface area contributed by atoms with E-state index < -0.39 is 0 Å². The van der Waals surface area contributed by atoms with Gasteiger partial charge in [0.1, 0.15) is 0 Å². The van der Waals surface area contributed by atoms with Crippen LogP contribution >= 0.6 is 0 Å². The molecule has 0 fully saturated rings. The maximum Gasteiger partial charge on any atom is 0.0753 e. The SMILES string of the molecule is CN(C)c1ccc(C(C#N)Cc2ccccc2)cc1. The number of benzene rings is 2. The van der Waals surface area contributed by atoms with Crippen LogP contribution in [0.15, 0.2) is 54.6 Å². The van der Waals surface area contributed by atoms with Gasteiger partial charge in [0.25, 0.3) is 0 Å². The van der Waals surface area contributed by atoms with E-state index in [0.717, 1.165) is 17.7 Å². The summed E-state index contributed by atoms with van der Waals surface area (Å²) in [7, 11) is 4.03. The fraction of sp³-hybridized carbons (Fsp3) is 0.235. The van der Waals surface area contributed by atoms with Gasteiger partial charge in [0.05, 0.1) is 12.0 Å². The summed E-state index contributed by atoms with van der Waals surface area (Å²) in [6.07, 6.45) is 0.763. The Kier molecular flexibility index (Phi) is 4.20. The van der Waals surface area contributed by atoms with Crippen LogP contribution in [0.2, 0.25) is 0 Å². The first-order chi connectivity index (χ1) is 9.20. The van der Waals surface area contributed by atoms with Gasteiger partial charge in [0.2, 0.25) is 0 Å². The minimum Gasteiger partial charge on any atom is -0.378 e. The van der Waals surface area contributed by atoms with E-state index in [4.69, 9.17) is 0 Å². The van der Waals surface area contributed by atoms with Crippen molar-refractivity contribution in [3.8, 4) is 6.07 Å². The van der Waals surface area contributed by atoms with Gasteiger partial charge in [-0.3, -0.25) is 0 Å². The third-order valence-electron chi connectivity index (χ3n) is 3.25. The summed E-state index contributed by atoms with van der Waals surface area (Å²) in [5.41, 5.74) is 3.43. The van der Waals surface area contributed by atoms with Crippen molar-refractivity contribution < 1.29 is 0 Å². The predicted molar refractivity (Wildman–Crippen MR) is 79.3 cm³/mol. The van der Waals surface area contributed by atoms with Crippen LogP contribution in [-0.2, 0) is 6.42 Å². The van der Waals surface area contributed by atoms with Crippen LogP contribution < -0.4 is 4.90 Å². The van der Waals surface area contributed by atoms with Gasteiger partial charge in [-0.15, -0.1) is 0 Å². The molecule has 0 aliphatic rings. The van der Waals surface area contributed by atoms with Crippen molar-refractivity contribution in [3.05, 3.63) is 65.7 Å². The molecule has 1 atom stereocenters. The molecule has 0 spiro atoms. The lowest BCUT2D eigenvalue weighted by atomic mass is 9.93. The average Bonchev–Trinajstić information content (AvgIpc) is 2.46. The van der Waals surface area contributed by atoms with E-state index in [9.17, 15) is 5.26 Å². The van der Waals surface area contributed by atoms with Gasteiger partial charge in [-0.1, -0.05) is 42.5 Å². The van der Waals surface area contributed by atoms with E-state index >= 15 is 0 Å². The number of nitrogens with zero attached hydrogens (tertiary/aromatic N) is 2. The molecule has 0 aromatic heterocycles. The Balaban J connectivity index is 2.16. The highest BCUT2D eigenvalue weighted by Gasteiger charge is 2.11. The molecule has 0 radical (unpaired) electrons. The van der Waals surface area contributed by atoms with Gasteiger partial charge >= 0.3 is 0 Å². The van der Waals surface area contributed by atoms with Gasteiger partial charge in [0, 0.05) is 19.8 Å². The smallest absolute Gasteiger partial charge is 0.0753 e. The van der Waals surface area contributed by atoms with E-state index in [2.05, 4.69) is 35.2 Å². The molecular formula is C17H18N2. The normalized spacial score (nSPS) is 11.6. The van der Waals surface area contributed by atoms with E-state index in [0.29, 0.717) is 0 Å². The monoisotopic (exact) mass is 250 g/mol. The van der Waals surface area contributed by atoms with Crippen LogP contribution in [-0.4, -0.2) is 14.1 Å². The Morgan fingerprint density at radius 1 is 1.00 bits per heavy atom. The van der Waals surface area contributed by atoms with E-state index in [1.165, 1.54) is 5.56 Å². The van der Waals surface area contributed by atoms with E-state index in [1.807, 2.05) is 44.4 Å². The second-order valence-corrected chi connectivity index (χ2v) is 4.86. The average molecular weight is 250 g/mol. The van der Waals surface area contributed by atoms with Crippen LogP contribution in [0.25, 0.3) is 0 Å². The molecule has 0 bridgehead atoms. The van der Waals surface area contributed by atoms with Crippen molar-refractivity contribution in [2.75, 3.05) is 19.0 Å². The largest absolute Gasteiger partial charge is 0.378 e. The maximum absolute atomic E-state index is 9.36. The number of hydrogen-bond acceptors (Lipinski definition) is 2. The van der Waals surface area contributed by atoms with Crippen molar-refractivity contribution in [1.82, 2.24) is 0 Å². The highest BCUT2D eigenvalue weighted by molar-refractivity contribution is 5.47. The molecule has 0 N–H and O–H groups in total. The Labute approximate surface area is 114 Å². The third kappa shape index (κ3) is 3.35. The second-order valence-electron chi connectivity index (χ2n) is 4.86. The summed E-state index contributed by atoms with van der Waals surface area (Å²) >= 11 is 0. The summed E-state index contributed by atoms with van der Waals surface area (Å²) in [5, 5.41) is 9.36. The van der Waals surface area contributed by atoms with Gasteiger partial charge in [-0.05, 0) is 29.7 Å². The molecule has 96 valence electrons. The predicted octanol–water partition coefficient (Wildman–Crippen LogP) is 3.60. The Hall–Kier alpha value is -2.27. The highest BCUT2D eigenvalue weighted by atomic mass is 15.1. The Bertz CT molecular complexity index is 550. The lowest BCUT2D eigenvalue weighted by Crippen LogP contribution is -2.08. The van der Waals surface area contributed by atoms with Crippen molar-refractivity contribution in [3.63, 3.8) is 0 Å². The van der Waals surface area contributed by atoms with Crippen molar-refractivity contribution in [2.45, 2.75) is 12.3 Å². The molecule has 0 saturated heterocycles. The van der Waals surface area contributed by atoms with Gasteiger partial charge in [-0.25, -0.2) is 0 Å². The van der Waals surface area contributed by atoms with Crippen LogP contribution in [0.3, 0.4) is 0 Å². The van der Waals surface area contributed by atoms with Crippen molar-refractivity contribution in [1.29, 1.82) is 5.26 Å². The van der Waals surface area contributed by atoms with Crippen molar-refractivity contribution >= 4 is 5.69 Å². The first-order valence-corrected chi connectivity index (χ1v) is 6.41.